The minimum atomic E-state index is -0.977. The Bertz CT molecular complexity index is 1010. The van der Waals surface area contributed by atoms with E-state index in [9.17, 15) is 9.59 Å². The van der Waals surface area contributed by atoms with Gasteiger partial charge in [-0.3, -0.25) is 4.79 Å². The number of anilines is 1. The number of hydrogen-bond donors (Lipinski definition) is 1. The Kier molecular flexibility index (Phi) is 6.79. The number of carbonyl (C=O) groups is 2. The molecule has 0 aromatic heterocycles. The van der Waals surface area contributed by atoms with E-state index < -0.39 is 24.6 Å². The fourth-order valence-electron chi connectivity index (χ4n) is 3.24. The Labute approximate surface area is 181 Å². The molecule has 1 heterocycles. The molecule has 0 radical (unpaired) electrons. The number of amides is 1. The van der Waals surface area contributed by atoms with Crippen LogP contribution in [0.5, 0.6) is 11.5 Å². The van der Waals surface area contributed by atoms with Crippen LogP contribution in [-0.4, -0.2) is 37.1 Å². The molecule has 2 aromatic rings. The van der Waals surface area contributed by atoms with Gasteiger partial charge in [-0.15, -0.1) is 0 Å². The molecule has 1 aliphatic heterocycles. The van der Waals surface area contributed by atoms with Crippen LogP contribution in [0.3, 0.4) is 0 Å². The minimum Gasteiger partial charge on any atom is -0.454 e. The molecule has 0 spiro atoms. The van der Waals surface area contributed by atoms with Crippen molar-refractivity contribution in [1.82, 2.24) is 0 Å². The van der Waals surface area contributed by atoms with Crippen molar-refractivity contribution in [1.29, 1.82) is 0 Å². The molecule has 1 atom stereocenters. The number of rotatable bonds is 7. The molecule has 0 aliphatic carbocycles. The quantitative estimate of drug-likeness (QED) is 0.413. The molecular weight excluding hydrogens is 400 g/mol. The molecule has 8 heteroatoms. The maximum absolute atomic E-state index is 12.4. The van der Waals surface area contributed by atoms with E-state index in [-0.39, 0.29) is 6.79 Å². The Morgan fingerprint density at radius 3 is 2.48 bits per heavy atom. The fraction of sp³-hybridized carbons (Fsp3) is 0.348. The minimum absolute atomic E-state index is 0.187. The number of nitrogens with one attached hydrogen (secondary N) is 1. The van der Waals surface area contributed by atoms with E-state index in [1.807, 2.05) is 39.0 Å². The van der Waals surface area contributed by atoms with E-state index in [1.54, 1.807) is 19.1 Å². The highest BCUT2D eigenvalue weighted by Gasteiger charge is 2.20. The summed E-state index contributed by atoms with van der Waals surface area (Å²) >= 11 is 0. The lowest BCUT2D eigenvalue weighted by atomic mass is 10.0. The van der Waals surface area contributed by atoms with Gasteiger partial charge in [-0.25, -0.2) is 4.79 Å². The molecule has 0 saturated heterocycles. The van der Waals surface area contributed by atoms with E-state index in [2.05, 4.69) is 10.5 Å². The van der Waals surface area contributed by atoms with Gasteiger partial charge < -0.3 is 24.4 Å². The number of hydrogen-bond acceptors (Lipinski definition) is 7. The molecule has 2 aromatic carbocycles. The number of benzene rings is 2. The van der Waals surface area contributed by atoms with E-state index in [0.29, 0.717) is 17.2 Å². The monoisotopic (exact) mass is 426 g/mol. The first-order valence-corrected chi connectivity index (χ1v) is 9.89. The molecule has 1 aliphatic rings. The van der Waals surface area contributed by atoms with Crippen molar-refractivity contribution in [2.24, 2.45) is 5.16 Å². The summed E-state index contributed by atoms with van der Waals surface area (Å²) < 4.78 is 15.8. The second-order valence-electron chi connectivity index (χ2n) is 7.41. The number of ether oxygens (including phenoxy) is 3. The molecule has 3 rings (SSSR count). The lowest BCUT2D eigenvalue weighted by molar-refractivity contribution is -0.157. The molecule has 1 N–H and O–H groups in total. The van der Waals surface area contributed by atoms with Crippen LogP contribution in [0.2, 0.25) is 0 Å². The van der Waals surface area contributed by atoms with Gasteiger partial charge >= 0.3 is 5.97 Å². The molecule has 0 bridgehead atoms. The van der Waals surface area contributed by atoms with Crippen LogP contribution in [0.4, 0.5) is 5.69 Å². The maximum Gasteiger partial charge on any atom is 0.347 e. The summed E-state index contributed by atoms with van der Waals surface area (Å²) in [6.07, 6.45) is -0.977. The topological polar surface area (TPSA) is 95.5 Å². The fourth-order valence-corrected chi connectivity index (χ4v) is 3.24. The van der Waals surface area contributed by atoms with E-state index in [0.717, 1.165) is 27.9 Å². The van der Waals surface area contributed by atoms with Gasteiger partial charge in [0.15, 0.2) is 17.6 Å². The highest BCUT2D eigenvalue weighted by atomic mass is 16.7. The predicted molar refractivity (Wildman–Crippen MR) is 116 cm³/mol. The average Bonchev–Trinajstić information content (AvgIpc) is 3.18. The van der Waals surface area contributed by atoms with Crippen LogP contribution in [-0.2, 0) is 19.2 Å². The number of oxime groups is 1. The first kappa shape index (κ1) is 22.1. The van der Waals surface area contributed by atoms with Crippen LogP contribution in [0.15, 0.2) is 35.5 Å². The van der Waals surface area contributed by atoms with Crippen molar-refractivity contribution in [2.45, 2.75) is 40.7 Å². The van der Waals surface area contributed by atoms with Gasteiger partial charge in [0.25, 0.3) is 5.91 Å². The molecule has 164 valence electrons. The number of esters is 1. The molecule has 1 amide bonds. The molecule has 31 heavy (non-hydrogen) atoms. The summed E-state index contributed by atoms with van der Waals surface area (Å²) in [5.74, 6) is 0.195. The lowest BCUT2D eigenvalue weighted by Gasteiger charge is -2.16. The van der Waals surface area contributed by atoms with Crippen LogP contribution < -0.4 is 14.8 Å². The summed E-state index contributed by atoms with van der Waals surface area (Å²) in [6, 6.07) is 9.34. The SMILES string of the molecule is C/C(=N\OCC(=O)OC(C)C(=O)Nc1c(C)cc(C)cc1C)c1ccc2c(c1)OCO2. The third-order valence-electron chi connectivity index (χ3n) is 4.78. The van der Waals surface area contributed by atoms with Crippen LogP contribution in [0, 0.1) is 20.8 Å². The van der Waals surface area contributed by atoms with Gasteiger partial charge in [-0.1, -0.05) is 22.9 Å². The Morgan fingerprint density at radius 1 is 1.10 bits per heavy atom. The third kappa shape index (κ3) is 5.53. The summed E-state index contributed by atoms with van der Waals surface area (Å²) in [5.41, 5.74) is 5.05. The third-order valence-corrected chi connectivity index (χ3v) is 4.78. The van der Waals surface area contributed by atoms with Crippen molar-refractivity contribution in [2.75, 3.05) is 18.7 Å². The normalized spacial score (nSPS) is 13.5. The summed E-state index contributed by atoms with van der Waals surface area (Å²) in [7, 11) is 0. The molecule has 1 unspecified atom stereocenters. The van der Waals surface area contributed by atoms with Crippen LogP contribution >= 0.6 is 0 Å². The largest absolute Gasteiger partial charge is 0.454 e. The van der Waals surface area contributed by atoms with Crippen molar-refractivity contribution >= 4 is 23.3 Å². The Hall–Kier alpha value is -3.55. The van der Waals surface area contributed by atoms with Crippen molar-refractivity contribution in [3.05, 3.63) is 52.6 Å². The van der Waals surface area contributed by atoms with Gasteiger partial charge in [-0.05, 0) is 63.9 Å². The Morgan fingerprint density at radius 2 is 1.77 bits per heavy atom. The first-order chi connectivity index (χ1) is 14.7. The smallest absolute Gasteiger partial charge is 0.347 e. The van der Waals surface area contributed by atoms with Crippen molar-refractivity contribution < 1.29 is 28.6 Å². The molecule has 0 saturated carbocycles. The van der Waals surface area contributed by atoms with Crippen molar-refractivity contribution in [3.63, 3.8) is 0 Å². The van der Waals surface area contributed by atoms with Gasteiger partial charge in [0, 0.05) is 11.3 Å². The summed E-state index contributed by atoms with van der Waals surface area (Å²) in [6.45, 7) is 8.85. The van der Waals surface area contributed by atoms with E-state index in [4.69, 9.17) is 19.0 Å². The predicted octanol–water partition coefficient (Wildman–Crippen LogP) is 3.65. The molecule has 8 nitrogen and oxygen atoms in total. The summed E-state index contributed by atoms with van der Waals surface area (Å²) in [4.78, 5) is 29.5. The van der Waals surface area contributed by atoms with E-state index >= 15 is 0 Å². The number of aryl methyl sites for hydroxylation is 3. The first-order valence-electron chi connectivity index (χ1n) is 9.89. The maximum atomic E-state index is 12.4. The standard InChI is InChI=1S/C23H26N2O6/c1-13-8-14(2)22(15(3)9-13)24-23(27)17(5)31-21(26)11-30-25-16(4)18-6-7-19-20(10-18)29-12-28-19/h6-10,17H,11-12H2,1-5H3,(H,24,27)/b25-16+. The number of carbonyl (C=O) groups excluding carboxylic acids is 2. The highest BCUT2D eigenvalue weighted by Crippen LogP contribution is 2.32. The van der Waals surface area contributed by atoms with Crippen molar-refractivity contribution in [3.8, 4) is 11.5 Å². The second-order valence-corrected chi connectivity index (χ2v) is 7.41. The summed E-state index contributed by atoms with van der Waals surface area (Å²) in [5, 5.41) is 6.75. The zero-order valence-corrected chi connectivity index (χ0v) is 18.3. The highest BCUT2D eigenvalue weighted by molar-refractivity contribution is 5.99. The van der Waals surface area contributed by atoms with Crippen LogP contribution in [0.25, 0.3) is 0 Å². The lowest BCUT2D eigenvalue weighted by Crippen LogP contribution is -2.31. The van der Waals surface area contributed by atoms with E-state index in [1.165, 1.54) is 6.92 Å². The molecule has 0 fully saturated rings. The second kappa shape index (κ2) is 9.51. The van der Waals surface area contributed by atoms with Gasteiger partial charge in [0.05, 0.1) is 5.71 Å². The van der Waals surface area contributed by atoms with Gasteiger partial charge in [0.2, 0.25) is 13.4 Å². The average molecular weight is 426 g/mol. The number of nitrogens with zero attached hydrogens (tertiary/aromatic N) is 1. The van der Waals surface area contributed by atoms with Gasteiger partial charge in [-0.2, -0.15) is 0 Å². The zero-order valence-electron chi connectivity index (χ0n) is 18.3. The number of fused-ring (bicyclic) bond motifs is 1. The van der Waals surface area contributed by atoms with Crippen LogP contribution in [0.1, 0.15) is 36.1 Å². The molecular formula is C23H26N2O6. The Balaban J connectivity index is 1.50. The van der Waals surface area contributed by atoms with Gasteiger partial charge in [0.1, 0.15) is 0 Å². The zero-order chi connectivity index (χ0) is 22.5.